The second-order valence-electron chi connectivity index (χ2n) is 5.13. The molecule has 0 aromatic heterocycles. The standard InChI is InChI=1S/C15H20N2O3/c1-10(7-11-5-3-4-6-13(11)20-2)17-15(19)12-8-14(18)16-9-12/h3-6,10,12H,7-9H2,1-2H3,(H,16,18)(H,17,19). The lowest BCUT2D eigenvalue weighted by Gasteiger charge is -2.17. The topological polar surface area (TPSA) is 67.4 Å². The van der Waals surface area contributed by atoms with E-state index >= 15 is 0 Å². The molecule has 1 aliphatic heterocycles. The summed E-state index contributed by atoms with van der Waals surface area (Å²) in [5, 5.41) is 5.63. The van der Waals surface area contributed by atoms with Crippen LogP contribution in [0.25, 0.3) is 0 Å². The molecule has 20 heavy (non-hydrogen) atoms. The van der Waals surface area contributed by atoms with Crippen LogP contribution in [-0.4, -0.2) is 31.5 Å². The van der Waals surface area contributed by atoms with E-state index in [0.717, 1.165) is 11.3 Å². The van der Waals surface area contributed by atoms with Crippen LogP contribution >= 0.6 is 0 Å². The highest BCUT2D eigenvalue weighted by molar-refractivity contribution is 5.89. The number of rotatable bonds is 5. The molecule has 0 bridgehead atoms. The second-order valence-corrected chi connectivity index (χ2v) is 5.13. The number of nitrogens with one attached hydrogen (secondary N) is 2. The number of para-hydroxylation sites is 1. The van der Waals surface area contributed by atoms with Gasteiger partial charge in [-0.25, -0.2) is 0 Å². The van der Waals surface area contributed by atoms with Gasteiger partial charge >= 0.3 is 0 Å². The van der Waals surface area contributed by atoms with E-state index in [2.05, 4.69) is 10.6 Å². The van der Waals surface area contributed by atoms with E-state index in [1.807, 2.05) is 31.2 Å². The molecule has 0 spiro atoms. The summed E-state index contributed by atoms with van der Waals surface area (Å²) >= 11 is 0. The molecule has 1 heterocycles. The van der Waals surface area contributed by atoms with Crippen molar-refractivity contribution in [2.24, 2.45) is 5.92 Å². The quantitative estimate of drug-likeness (QED) is 0.839. The van der Waals surface area contributed by atoms with E-state index in [-0.39, 0.29) is 30.2 Å². The molecular formula is C15H20N2O3. The van der Waals surface area contributed by atoms with Crippen molar-refractivity contribution in [3.8, 4) is 5.75 Å². The summed E-state index contributed by atoms with van der Waals surface area (Å²) in [6.07, 6.45) is 0.983. The van der Waals surface area contributed by atoms with Gasteiger partial charge in [-0.15, -0.1) is 0 Å². The molecule has 0 saturated carbocycles. The maximum absolute atomic E-state index is 12.0. The number of hydrogen-bond donors (Lipinski definition) is 2. The van der Waals surface area contributed by atoms with Crippen molar-refractivity contribution in [3.63, 3.8) is 0 Å². The summed E-state index contributed by atoms with van der Waals surface area (Å²) in [7, 11) is 1.64. The molecule has 2 rings (SSSR count). The highest BCUT2D eigenvalue weighted by Gasteiger charge is 2.28. The fourth-order valence-electron chi connectivity index (χ4n) is 2.40. The summed E-state index contributed by atoms with van der Waals surface area (Å²) in [4.78, 5) is 23.1. The Morgan fingerprint density at radius 3 is 2.90 bits per heavy atom. The average Bonchev–Trinajstić information content (AvgIpc) is 2.86. The maximum Gasteiger partial charge on any atom is 0.225 e. The van der Waals surface area contributed by atoms with Crippen molar-refractivity contribution in [2.75, 3.05) is 13.7 Å². The zero-order chi connectivity index (χ0) is 14.5. The molecule has 1 aromatic rings. The Hall–Kier alpha value is -2.04. The Balaban J connectivity index is 1.90. The Labute approximate surface area is 118 Å². The van der Waals surface area contributed by atoms with Crippen LogP contribution < -0.4 is 15.4 Å². The third-order valence-corrected chi connectivity index (χ3v) is 3.46. The van der Waals surface area contributed by atoms with Crippen molar-refractivity contribution in [2.45, 2.75) is 25.8 Å². The predicted molar refractivity (Wildman–Crippen MR) is 75.4 cm³/mol. The first-order valence-electron chi connectivity index (χ1n) is 6.79. The number of carbonyl (C=O) groups excluding carboxylic acids is 2. The molecule has 1 saturated heterocycles. The lowest BCUT2D eigenvalue weighted by Crippen LogP contribution is -2.39. The third-order valence-electron chi connectivity index (χ3n) is 3.46. The molecular weight excluding hydrogens is 256 g/mol. The maximum atomic E-state index is 12.0. The van der Waals surface area contributed by atoms with Gasteiger partial charge in [-0.2, -0.15) is 0 Å². The first kappa shape index (κ1) is 14.4. The van der Waals surface area contributed by atoms with Gasteiger partial charge in [0.1, 0.15) is 5.75 Å². The average molecular weight is 276 g/mol. The Kier molecular flexibility index (Phi) is 4.61. The van der Waals surface area contributed by atoms with Crippen molar-refractivity contribution in [1.82, 2.24) is 10.6 Å². The van der Waals surface area contributed by atoms with Crippen LogP contribution in [0.4, 0.5) is 0 Å². The van der Waals surface area contributed by atoms with Gasteiger partial charge in [-0.05, 0) is 25.0 Å². The molecule has 5 nitrogen and oxygen atoms in total. The molecule has 5 heteroatoms. The van der Waals surface area contributed by atoms with Gasteiger partial charge in [0.25, 0.3) is 0 Å². The lowest BCUT2D eigenvalue weighted by atomic mass is 10.0. The predicted octanol–water partition coefficient (Wildman–Crippen LogP) is 0.878. The monoisotopic (exact) mass is 276 g/mol. The number of amides is 2. The van der Waals surface area contributed by atoms with E-state index in [1.165, 1.54) is 0 Å². The zero-order valence-corrected chi connectivity index (χ0v) is 11.8. The minimum Gasteiger partial charge on any atom is -0.496 e. The van der Waals surface area contributed by atoms with Crippen molar-refractivity contribution >= 4 is 11.8 Å². The number of methoxy groups -OCH3 is 1. The van der Waals surface area contributed by atoms with E-state index in [4.69, 9.17) is 4.74 Å². The van der Waals surface area contributed by atoms with Gasteiger partial charge < -0.3 is 15.4 Å². The van der Waals surface area contributed by atoms with Crippen molar-refractivity contribution in [1.29, 1.82) is 0 Å². The fraction of sp³-hybridized carbons (Fsp3) is 0.467. The summed E-state index contributed by atoms with van der Waals surface area (Å²) < 4.78 is 5.30. The van der Waals surface area contributed by atoms with Crippen molar-refractivity contribution in [3.05, 3.63) is 29.8 Å². The largest absolute Gasteiger partial charge is 0.496 e. The number of ether oxygens (including phenoxy) is 1. The van der Waals surface area contributed by atoms with Gasteiger partial charge in [0.2, 0.25) is 11.8 Å². The molecule has 2 unspecified atom stereocenters. The van der Waals surface area contributed by atoms with Crippen LogP contribution in [0.3, 0.4) is 0 Å². The van der Waals surface area contributed by atoms with Gasteiger partial charge in [-0.1, -0.05) is 18.2 Å². The highest BCUT2D eigenvalue weighted by Crippen LogP contribution is 2.19. The van der Waals surface area contributed by atoms with Crippen molar-refractivity contribution < 1.29 is 14.3 Å². The minimum atomic E-state index is -0.248. The number of benzene rings is 1. The highest BCUT2D eigenvalue weighted by atomic mass is 16.5. The molecule has 2 amide bonds. The van der Waals surface area contributed by atoms with E-state index < -0.39 is 0 Å². The normalized spacial score (nSPS) is 19.3. The Bertz CT molecular complexity index is 502. The van der Waals surface area contributed by atoms with E-state index in [9.17, 15) is 9.59 Å². The first-order valence-corrected chi connectivity index (χ1v) is 6.79. The molecule has 1 aliphatic rings. The zero-order valence-electron chi connectivity index (χ0n) is 11.8. The molecule has 2 N–H and O–H groups in total. The van der Waals surface area contributed by atoms with Gasteiger partial charge in [-0.3, -0.25) is 9.59 Å². The fourth-order valence-corrected chi connectivity index (χ4v) is 2.40. The first-order chi connectivity index (χ1) is 9.60. The van der Waals surface area contributed by atoms with Crippen LogP contribution in [-0.2, 0) is 16.0 Å². The number of carbonyl (C=O) groups is 2. The van der Waals surface area contributed by atoms with Gasteiger partial charge in [0, 0.05) is 19.0 Å². The second kappa shape index (κ2) is 6.41. The van der Waals surface area contributed by atoms with Crippen LogP contribution in [0.2, 0.25) is 0 Å². The summed E-state index contributed by atoms with van der Waals surface area (Å²) in [6.45, 7) is 2.39. The van der Waals surface area contributed by atoms with Gasteiger partial charge in [0.05, 0.1) is 13.0 Å². The number of hydrogen-bond acceptors (Lipinski definition) is 3. The van der Waals surface area contributed by atoms with E-state index in [1.54, 1.807) is 7.11 Å². The molecule has 1 fully saturated rings. The lowest BCUT2D eigenvalue weighted by molar-refractivity contribution is -0.127. The van der Waals surface area contributed by atoms with E-state index in [0.29, 0.717) is 13.0 Å². The van der Waals surface area contributed by atoms with Crippen LogP contribution in [0.15, 0.2) is 24.3 Å². The smallest absolute Gasteiger partial charge is 0.225 e. The summed E-state index contributed by atoms with van der Waals surface area (Å²) in [5.74, 6) is 0.460. The molecule has 0 radical (unpaired) electrons. The van der Waals surface area contributed by atoms with Crippen LogP contribution in [0, 0.1) is 5.92 Å². The van der Waals surface area contributed by atoms with Gasteiger partial charge in [0.15, 0.2) is 0 Å². The molecule has 1 aromatic carbocycles. The molecule has 108 valence electrons. The summed E-state index contributed by atoms with van der Waals surface area (Å²) in [5.41, 5.74) is 1.06. The Morgan fingerprint density at radius 1 is 1.50 bits per heavy atom. The SMILES string of the molecule is COc1ccccc1CC(C)NC(=O)C1CNC(=O)C1. The molecule has 2 atom stereocenters. The summed E-state index contributed by atoms with van der Waals surface area (Å²) in [6, 6.07) is 7.76. The Morgan fingerprint density at radius 2 is 2.25 bits per heavy atom. The molecule has 0 aliphatic carbocycles. The third kappa shape index (κ3) is 3.50. The van der Waals surface area contributed by atoms with Crippen LogP contribution in [0.5, 0.6) is 5.75 Å². The minimum absolute atomic E-state index is 0.00509. The van der Waals surface area contributed by atoms with Crippen LogP contribution in [0.1, 0.15) is 18.9 Å².